The molecule has 1 aromatic rings. The summed E-state index contributed by atoms with van der Waals surface area (Å²) in [4.78, 5) is 11.3. The summed E-state index contributed by atoms with van der Waals surface area (Å²) in [5.41, 5.74) is 6.14. The number of carbonyl (C=O) groups is 1. The van der Waals surface area contributed by atoms with Crippen molar-refractivity contribution in [3.8, 4) is 0 Å². The molecule has 0 saturated carbocycles. The van der Waals surface area contributed by atoms with Crippen molar-refractivity contribution in [2.24, 2.45) is 11.1 Å². The Labute approximate surface area is 85.1 Å². The largest absolute Gasteiger partial charge is 0.369 e. The molecule has 1 rings (SSSR count). The number of hydrogen-bond acceptors (Lipinski definition) is 1. The Kier molecular flexibility index (Phi) is 3.28. The number of nitrogens with two attached hydrogens (primary N) is 1. The van der Waals surface area contributed by atoms with Gasteiger partial charge in [-0.15, -0.1) is 0 Å². The molecule has 0 aromatic heterocycles. The van der Waals surface area contributed by atoms with Crippen LogP contribution < -0.4 is 5.73 Å². The van der Waals surface area contributed by atoms with Crippen LogP contribution in [0.3, 0.4) is 0 Å². The highest BCUT2D eigenvalue weighted by atomic mass is 16.1. The zero-order chi connectivity index (χ0) is 10.6. The molecule has 0 aliphatic heterocycles. The Morgan fingerprint density at radius 3 is 2.36 bits per heavy atom. The third kappa shape index (κ3) is 2.34. The summed E-state index contributed by atoms with van der Waals surface area (Å²) in [7, 11) is 0. The van der Waals surface area contributed by atoms with Gasteiger partial charge in [0, 0.05) is 5.41 Å². The van der Waals surface area contributed by atoms with E-state index >= 15 is 0 Å². The smallest absolute Gasteiger partial charge is 0.223 e. The molecule has 2 nitrogen and oxygen atoms in total. The van der Waals surface area contributed by atoms with Gasteiger partial charge in [-0.1, -0.05) is 44.2 Å². The van der Waals surface area contributed by atoms with E-state index in [1.807, 2.05) is 44.2 Å². The lowest BCUT2D eigenvalue weighted by Crippen LogP contribution is -2.35. The van der Waals surface area contributed by atoms with Gasteiger partial charge in [0.25, 0.3) is 0 Å². The van der Waals surface area contributed by atoms with Crippen molar-refractivity contribution in [2.45, 2.75) is 26.7 Å². The van der Waals surface area contributed by atoms with Crippen molar-refractivity contribution >= 4 is 5.91 Å². The fourth-order valence-electron chi connectivity index (χ4n) is 1.43. The molecule has 0 radical (unpaired) electrons. The van der Waals surface area contributed by atoms with E-state index < -0.39 is 5.41 Å². The highest BCUT2D eigenvalue weighted by Gasteiger charge is 2.28. The Bertz CT molecular complexity index is 307. The summed E-state index contributed by atoms with van der Waals surface area (Å²) in [6.07, 6.45) is 1.50. The van der Waals surface area contributed by atoms with Gasteiger partial charge in [0.05, 0.1) is 0 Å². The minimum absolute atomic E-state index is 0.219. The van der Waals surface area contributed by atoms with Crippen molar-refractivity contribution in [3.63, 3.8) is 0 Å². The van der Waals surface area contributed by atoms with E-state index in [0.29, 0.717) is 0 Å². The molecule has 14 heavy (non-hydrogen) atoms. The molecule has 0 saturated heterocycles. The van der Waals surface area contributed by atoms with Crippen LogP contribution in [0.15, 0.2) is 30.3 Å². The number of hydrogen-bond donors (Lipinski definition) is 1. The molecule has 1 atom stereocenters. The van der Waals surface area contributed by atoms with E-state index in [9.17, 15) is 4.79 Å². The molecular formula is C12H17NO. The molecule has 2 N–H and O–H groups in total. The van der Waals surface area contributed by atoms with E-state index in [-0.39, 0.29) is 5.91 Å². The first kappa shape index (κ1) is 10.8. The van der Waals surface area contributed by atoms with E-state index in [1.165, 1.54) is 0 Å². The van der Waals surface area contributed by atoms with Gasteiger partial charge in [-0.05, 0) is 18.4 Å². The average Bonchev–Trinajstić information content (AvgIpc) is 2.19. The standard InChI is InChI=1S/C12H17NO/c1-3-12(2,11(13)14)9-10-7-5-4-6-8-10/h4-8H,3,9H2,1-2H3,(H2,13,14)/t12-/m0/s1. The summed E-state index contributed by atoms with van der Waals surface area (Å²) < 4.78 is 0. The molecule has 1 aromatic carbocycles. The van der Waals surface area contributed by atoms with E-state index in [1.54, 1.807) is 0 Å². The summed E-state index contributed by atoms with van der Waals surface area (Å²) in [5, 5.41) is 0. The fraction of sp³-hybridized carbons (Fsp3) is 0.417. The van der Waals surface area contributed by atoms with Crippen LogP contribution in [0.4, 0.5) is 0 Å². The maximum Gasteiger partial charge on any atom is 0.223 e. The Morgan fingerprint density at radius 2 is 1.93 bits per heavy atom. The molecule has 0 spiro atoms. The number of primary amides is 1. The first-order chi connectivity index (χ1) is 6.58. The van der Waals surface area contributed by atoms with E-state index in [4.69, 9.17) is 5.73 Å². The Morgan fingerprint density at radius 1 is 1.36 bits per heavy atom. The van der Waals surface area contributed by atoms with Crippen molar-refractivity contribution in [1.82, 2.24) is 0 Å². The maximum absolute atomic E-state index is 11.3. The van der Waals surface area contributed by atoms with Crippen LogP contribution in [0, 0.1) is 5.41 Å². The second-order valence-corrected chi connectivity index (χ2v) is 3.94. The van der Waals surface area contributed by atoms with Gasteiger partial charge in [0.1, 0.15) is 0 Å². The van der Waals surface area contributed by atoms with Crippen LogP contribution in [0.5, 0.6) is 0 Å². The highest BCUT2D eigenvalue weighted by molar-refractivity contribution is 5.80. The predicted octanol–water partition coefficient (Wildman–Crippen LogP) is 2.13. The summed E-state index contributed by atoms with van der Waals surface area (Å²) >= 11 is 0. The van der Waals surface area contributed by atoms with Crippen LogP contribution in [-0.2, 0) is 11.2 Å². The third-order valence-corrected chi connectivity index (χ3v) is 2.81. The lowest BCUT2D eigenvalue weighted by Gasteiger charge is -2.24. The summed E-state index contributed by atoms with van der Waals surface area (Å²) in [5.74, 6) is -0.219. The molecule has 0 aliphatic carbocycles. The molecule has 76 valence electrons. The lowest BCUT2D eigenvalue weighted by atomic mass is 9.80. The zero-order valence-electron chi connectivity index (χ0n) is 8.79. The van der Waals surface area contributed by atoms with Crippen LogP contribution in [0.25, 0.3) is 0 Å². The number of benzene rings is 1. The summed E-state index contributed by atoms with van der Waals surface area (Å²) in [6, 6.07) is 9.98. The van der Waals surface area contributed by atoms with Crippen LogP contribution >= 0.6 is 0 Å². The molecule has 0 aliphatic rings. The molecule has 0 heterocycles. The Hall–Kier alpha value is -1.31. The molecular weight excluding hydrogens is 174 g/mol. The van der Waals surface area contributed by atoms with Crippen molar-refractivity contribution in [1.29, 1.82) is 0 Å². The van der Waals surface area contributed by atoms with Gasteiger partial charge in [0.15, 0.2) is 0 Å². The molecule has 0 fully saturated rings. The summed E-state index contributed by atoms with van der Waals surface area (Å²) in [6.45, 7) is 3.91. The highest BCUT2D eigenvalue weighted by Crippen LogP contribution is 2.25. The maximum atomic E-state index is 11.3. The van der Waals surface area contributed by atoms with Crippen LogP contribution in [-0.4, -0.2) is 5.91 Å². The van der Waals surface area contributed by atoms with Crippen molar-refractivity contribution in [2.75, 3.05) is 0 Å². The second kappa shape index (κ2) is 4.27. The average molecular weight is 191 g/mol. The van der Waals surface area contributed by atoms with Crippen LogP contribution in [0.2, 0.25) is 0 Å². The van der Waals surface area contributed by atoms with Gasteiger partial charge in [0.2, 0.25) is 5.91 Å². The van der Waals surface area contributed by atoms with E-state index in [0.717, 1.165) is 18.4 Å². The van der Waals surface area contributed by atoms with Gasteiger partial charge < -0.3 is 5.73 Å². The van der Waals surface area contributed by atoms with Gasteiger partial charge >= 0.3 is 0 Å². The molecule has 0 unspecified atom stereocenters. The Balaban J connectivity index is 2.81. The first-order valence-electron chi connectivity index (χ1n) is 4.92. The third-order valence-electron chi connectivity index (χ3n) is 2.81. The monoisotopic (exact) mass is 191 g/mol. The number of amides is 1. The lowest BCUT2D eigenvalue weighted by molar-refractivity contribution is -0.126. The second-order valence-electron chi connectivity index (χ2n) is 3.94. The molecule has 1 amide bonds. The van der Waals surface area contributed by atoms with E-state index in [2.05, 4.69) is 0 Å². The minimum atomic E-state index is -0.415. The zero-order valence-corrected chi connectivity index (χ0v) is 8.79. The van der Waals surface area contributed by atoms with Gasteiger partial charge in [-0.2, -0.15) is 0 Å². The minimum Gasteiger partial charge on any atom is -0.369 e. The topological polar surface area (TPSA) is 43.1 Å². The van der Waals surface area contributed by atoms with Crippen molar-refractivity contribution in [3.05, 3.63) is 35.9 Å². The SMILES string of the molecule is CC[C@@](C)(Cc1ccccc1)C(N)=O. The van der Waals surface area contributed by atoms with Gasteiger partial charge in [-0.25, -0.2) is 0 Å². The number of rotatable bonds is 4. The van der Waals surface area contributed by atoms with Gasteiger partial charge in [-0.3, -0.25) is 4.79 Å². The normalized spacial score (nSPS) is 14.7. The quantitative estimate of drug-likeness (QED) is 0.778. The molecule has 2 heteroatoms. The van der Waals surface area contributed by atoms with Crippen LogP contribution in [0.1, 0.15) is 25.8 Å². The predicted molar refractivity (Wildman–Crippen MR) is 57.7 cm³/mol. The van der Waals surface area contributed by atoms with Crippen molar-refractivity contribution < 1.29 is 4.79 Å². The number of carbonyl (C=O) groups excluding carboxylic acids is 1. The first-order valence-corrected chi connectivity index (χ1v) is 4.92. The molecule has 0 bridgehead atoms. The fourth-order valence-corrected chi connectivity index (χ4v) is 1.43.